The van der Waals surface area contributed by atoms with E-state index in [4.69, 9.17) is 4.74 Å². The highest BCUT2D eigenvalue weighted by Gasteiger charge is 2.49. The average molecular weight is 378 g/mol. The number of aryl methyl sites for hydroxylation is 1. The average Bonchev–Trinajstić information content (AvgIpc) is 3.22. The first-order valence-electron chi connectivity index (χ1n) is 8.97. The second-order valence-electron chi connectivity index (χ2n) is 7.23. The molecule has 2 atom stereocenters. The van der Waals surface area contributed by atoms with Gasteiger partial charge in [0.1, 0.15) is 5.75 Å². The fourth-order valence-corrected chi connectivity index (χ4v) is 4.69. The number of benzene rings is 2. The number of hydrogen-bond donors (Lipinski definition) is 1. The summed E-state index contributed by atoms with van der Waals surface area (Å²) < 4.78 is 5.44. The molecule has 0 saturated heterocycles. The third kappa shape index (κ3) is 3.12. The lowest BCUT2D eigenvalue weighted by Gasteiger charge is -2.31. The second-order valence-corrected chi connectivity index (χ2v) is 8.47. The molecule has 0 radical (unpaired) electrons. The van der Waals surface area contributed by atoms with Gasteiger partial charge in [0.2, 0.25) is 5.91 Å². The Morgan fingerprint density at radius 3 is 2.70 bits per heavy atom. The van der Waals surface area contributed by atoms with Crippen LogP contribution in [-0.4, -0.2) is 18.0 Å². The standard InChI is InChI=1S/C22H22N2O2S/c1-14-13-23-21(27-14)24-20(25)22(2)12-16-9-10-17(26-3)11-18(16)19(22)15-7-5-4-6-8-15/h4-11,13,19H,12H2,1-3H3,(H,23,24,25)/t19-,22+/m0/s1. The van der Waals surface area contributed by atoms with Crippen molar-refractivity contribution in [1.82, 2.24) is 4.98 Å². The van der Waals surface area contributed by atoms with Crippen molar-refractivity contribution in [2.24, 2.45) is 5.41 Å². The highest BCUT2D eigenvalue weighted by Crippen LogP contribution is 2.52. The summed E-state index contributed by atoms with van der Waals surface area (Å²) in [7, 11) is 1.67. The molecule has 138 valence electrons. The first kappa shape index (κ1) is 17.7. The van der Waals surface area contributed by atoms with E-state index >= 15 is 0 Å². The van der Waals surface area contributed by atoms with Crippen LogP contribution in [-0.2, 0) is 11.2 Å². The van der Waals surface area contributed by atoms with Crippen molar-refractivity contribution in [2.45, 2.75) is 26.2 Å². The Morgan fingerprint density at radius 2 is 2.04 bits per heavy atom. The third-order valence-electron chi connectivity index (χ3n) is 5.35. The Bertz CT molecular complexity index is 983. The summed E-state index contributed by atoms with van der Waals surface area (Å²) in [4.78, 5) is 18.8. The van der Waals surface area contributed by atoms with Gasteiger partial charge in [-0.05, 0) is 49.1 Å². The summed E-state index contributed by atoms with van der Waals surface area (Å²) in [6, 6.07) is 16.4. The molecule has 0 unspecified atom stereocenters. The Hall–Kier alpha value is -2.66. The molecule has 1 heterocycles. The van der Waals surface area contributed by atoms with Crippen molar-refractivity contribution in [3.63, 3.8) is 0 Å². The molecule has 1 aliphatic rings. The number of fused-ring (bicyclic) bond motifs is 1. The molecule has 1 aliphatic carbocycles. The summed E-state index contributed by atoms with van der Waals surface area (Å²) in [6.07, 6.45) is 2.47. The van der Waals surface area contributed by atoms with Gasteiger partial charge in [-0.1, -0.05) is 36.4 Å². The Balaban J connectivity index is 1.77. The van der Waals surface area contributed by atoms with Gasteiger partial charge in [0, 0.05) is 17.0 Å². The van der Waals surface area contributed by atoms with Gasteiger partial charge in [-0.15, -0.1) is 11.3 Å². The predicted octanol–water partition coefficient (Wildman–Crippen LogP) is 4.79. The van der Waals surface area contributed by atoms with E-state index in [1.54, 1.807) is 13.3 Å². The number of rotatable bonds is 4. The number of nitrogens with zero attached hydrogens (tertiary/aromatic N) is 1. The van der Waals surface area contributed by atoms with Gasteiger partial charge in [-0.2, -0.15) is 0 Å². The van der Waals surface area contributed by atoms with Crippen LogP contribution in [0.15, 0.2) is 54.7 Å². The van der Waals surface area contributed by atoms with Crippen molar-refractivity contribution < 1.29 is 9.53 Å². The lowest BCUT2D eigenvalue weighted by atomic mass is 9.73. The molecule has 3 aromatic rings. The molecule has 2 aromatic carbocycles. The van der Waals surface area contributed by atoms with E-state index in [0.717, 1.165) is 21.8 Å². The number of carbonyl (C=O) groups is 1. The molecular formula is C22H22N2O2S. The molecule has 1 amide bonds. The summed E-state index contributed by atoms with van der Waals surface area (Å²) in [5.74, 6) is 0.778. The van der Waals surface area contributed by atoms with Crippen LogP contribution in [0.25, 0.3) is 0 Å². The number of thiazole rings is 1. The van der Waals surface area contributed by atoms with Crippen molar-refractivity contribution in [3.05, 3.63) is 76.3 Å². The second kappa shape index (κ2) is 6.82. The number of amides is 1. The molecule has 0 aliphatic heterocycles. The highest BCUT2D eigenvalue weighted by atomic mass is 32.1. The first-order chi connectivity index (χ1) is 13.0. The maximum absolute atomic E-state index is 13.4. The lowest BCUT2D eigenvalue weighted by Crippen LogP contribution is -2.37. The minimum atomic E-state index is -0.602. The zero-order valence-corrected chi connectivity index (χ0v) is 16.5. The lowest BCUT2D eigenvalue weighted by molar-refractivity contribution is -0.125. The van der Waals surface area contributed by atoms with E-state index in [-0.39, 0.29) is 11.8 Å². The molecule has 5 heteroatoms. The number of methoxy groups -OCH3 is 1. The molecule has 0 spiro atoms. The van der Waals surface area contributed by atoms with Crippen LogP contribution in [0, 0.1) is 12.3 Å². The van der Waals surface area contributed by atoms with Crippen LogP contribution >= 0.6 is 11.3 Å². The molecule has 0 fully saturated rings. The number of hydrogen-bond acceptors (Lipinski definition) is 4. The SMILES string of the molecule is COc1ccc2c(c1)[C@H](c1ccccc1)[C@](C)(C(=O)Nc1ncc(C)s1)C2. The molecule has 4 nitrogen and oxygen atoms in total. The molecular weight excluding hydrogens is 356 g/mol. The molecule has 0 saturated carbocycles. The normalized spacial score (nSPS) is 20.9. The number of carbonyl (C=O) groups excluding carboxylic acids is 1. The summed E-state index contributed by atoms with van der Waals surface area (Å²) in [5.41, 5.74) is 2.89. The van der Waals surface area contributed by atoms with Crippen molar-refractivity contribution in [3.8, 4) is 5.75 Å². The van der Waals surface area contributed by atoms with E-state index < -0.39 is 5.41 Å². The largest absolute Gasteiger partial charge is 0.497 e. The monoisotopic (exact) mass is 378 g/mol. The minimum Gasteiger partial charge on any atom is -0.497 e. The van der Waals surface area contributed by atoms with Gasteiger partial charge in [-0.3, -0.25) is 4.79 Å². The van der Waals surface area contributed by atoms with Crippen molar-refractivity contribution in [1.29, 1.82) is 0 Å². The summed E-state index contributed by atoms with van der Waals surface area (Å²) in [6.45, 7) is 4.03. The Morgan fingerprint density at radius 1 is 1.26 bits per heavy atom. The van der Waals surface area contributed by atoms with E-state index in [1.165, 1.54) is 16.9 Å². The van der Waals surface area contributed by atoms with Gasteiger partial charge >= 0.3 is 0 Å². The van der Waals surface area contributed by atoms with Gasteiger partial charge < -0.3 is 10.1 Å². The summed E-state index contributed by atoms with van der Waals surface area (Å²) >= 11 is 1.50. The first-order valence-corrected chi connectivity index (χ1v) is 9.78. The molecule has 1 aromatic heterocycles. The minimum absolute atomic E-state index is 0.000805. The third-order valence-corrected chi connectivity index (χ3v) is 6.18. The van der Waals surface area contributed by atoms with Crippen molar-refractivity contribution in [2.75, 3.05) is 12.4 Å². The van der Waals surface area contributed by atoms with Crippen LogP contribution in [0.5, 0.6) is 5.75 Å². The van der Waals surface area contributed by atoms with Crippen LogP contribution in [0.3, 0.4) is 0 Å². The van der Waals surface area contributed by atoms with Crippen LogP contribution in [0.1, 0.15) is 34.4 Å². The van der Waals surface area contributed by atoms with Gasteiger partial charge in [0.15, 0.2) is 5.13 Å². The van der Waals surface area contributed by atoms with Crippen LogP contribution < -0.4 is 10.1 Å². The maximum Gasteiger partial charge on any atom is 0.233 e. The quantitative estimate of drug-likeness (QED) is 0.710. The number of anilines is 1. The predicted molar refractivity (Wildman–Crippen MR) is 109 cm³/mol. The Labute approximate surface area is 163 Å². The molecule has 1 N–H and O–H groups in total. The molecule has 27 heavy (non-hydrogen) atoms. The van der Waals surface area contributed by atoms with Gasteiger partial charge in [0.05, 0.1) is 12.5 Å². The molecule has 4 rings (SSSR count). The van der Waals surface area contributed by atoms with Crippen LogP contribution in [0.2, 0.25) is 0 Å². The fourth-order valence-electron chi connectivity index (χ4n) is 4.03. The van der Waals surface area contributed by atoms with E-state index in [2.05, 4.69) is 34.6 Å². The van der Waals surface area contributed by atoms with Gasteiger partial charge in [0.25, 0.3) is 0 Å². The van der Waals surface area contributed by atoms with Gasteiger partial charge in [-0.25, -0.2) is 4.98 Å². The zero-order valence-electron chi connectivity index (χ0n) is 15.7. The van der Waals surface area contributed by atoms with E-state index in [0.29, 0.717) is 11.6 Å². The fraction of sp³-hybridized carbons (Fsp3) is 0.273. The zero-order chi connectivity index (χ0) is 19.0. The number of ether oxygens (including phenoxy) is 1. The van der Waals surface area contributed by atoms with Crippen molar-refractivity contribution >= 4 is 22.4 Å². The summed E-state index contributed by atoms with van der Waals surface area (Å²) in [5, 5.41) is 3.70. The smallest absolute Gasteiger partial charge is 0.233 e. The Kier molecular flexibility index (Phi) is 4.48. The number of aromatic nitrogens is 1. The molecule has 0 bridgehead atoms. The highest BCUT2D eigenvalue weighted by molar-refractivity contribution is 7.15. The van der Waals surface area contributed by atoms with E-state index in [9.17, 15) is 4.79 Å². The maximum atomic E-state index is 13.4. The number of nitrogens with one attached hydrogen (secondary N) is 1. The topological polar surface area (TPSA) is 51.2 Å². The van der Waals surface area contributed by atoms with E-state index in [1.807, 2.05) is 38.1 Å². The van der Waals surface area contributed by atoms with Crippen LogP contribution in [0.4, 0.5) is 5.13 Å².